The van der Waals surface area contributed by atoms with E-state index in [-0.39, 0.29) is 49.4 Å². The maximum Gasteiger partial charge on any atom is 0.255 e. The molecule has 0 radical (unpaired) electrons. The Morgan fingerprint density at radius 3 is 2.31 bits per heavy atom. The third-order valence-corrected chi connectivity index (χ3v) is 8.38. The Labute approximate surface area is 281 Å². The molecule has 4 N–H and O–H groups in total. The van der Waals surface area contributed by atoms with Crippen molar-refractivity contribution in [3.05, 3.63) is 65.2 Å². The lowest BCUT2D eigenvalue weighted by Crippen LogP contribution is -2.54. The van der Waals surface area contributed by atoms with Crippen LogP contribution in [0, 0.1) is 5.92 Å². The Hall–Kier alpha value is -4.94. The second-order valence-electron chi connectivity index (χ2n) is 12.6. The first kappa shape index (κ1) is 35.9. The predicted molar refractivity (Wildman–Crippen MR) is 177 cm³/mol. The van der Waals surface area contributed by atoms with Crippen molar-refractivity contribution < 1.29 is 33.5 Å². The maximum absolute atomic E-state index is 13.6. The normalized spacial score (nSPS) is 21.5. The SMILES string of the molecule is CCN1CC(=O)N[C@H](C(C)C)C(=O)N[C@@H](C)COc2ccccc2C(=O)N[C@H](C(=O)NCc2ccc(CN3CCCC3=O)cc2)CC1=O. The van der Waals surface area contributed by atoms with Crippen molar-refractivity contribution in [3.63, 3.8) is 0 Å². The Morgan fingerprint density at radius 2 is 1.65 bits per heavy atom. The van der Waals surface area contributed by atoms with Crippen molar-refractivity contribution in [1.82, 2.24) is 31.1 Å². The van der Waals surface area contributed by atoms with Gasteiger partial charge >= 0.3 is 0 Å². The Kier molecular flexibility index (Phi) is 12.5. The van der Waals surface area contributed by atoms with Crippen LogP contribution in [0.2, 0.25) is 0 Å². The Bertz CT molecular complexity index is 1490. The molecular formula is C35H46N6O7. The first-order valence-corrected chi connectivity index (χ1v) is 16.5. The molecule has 2 aliphatic rings. The summed E-state index contributed by atoms with van der Waals surface area (Å²) >= 11 is 0. The lowest BCUT2D eigenvalue weighted by molar-refractivity contribution is -0.138. The van der Waals surface area contributed by atoms with Gasteiger partial charge in [0, 0.05) is 32.6 Å². The molecule has 3 atom stereocenters. The van der Waals surface area contributed by atoms with E-state index >= 15 is 0 Å². The van der Waals surface area contributed by atoms with Crippen LogP contribution >= 0.6 is 0 Å². The van der Waals surface area contributed by atoms with Crippen LogP contribution in [-0.4, -0.2) is 89.6 Å². The predicted octanol–water partition coefficient (Wildman–Crippen LogP) is 1.50. The summed E-state index contributed by atoms with van der Waals surface area (Å²) in [7, 11) is 0. The molecular weight excluding hydrogens is 616 g/mol. The van der Waals surface area contributed by atoms with Crippen LogP contribution in [0.3, 0.4) is 0 Å². The van der Waals surface area contributed by atoms with Gasteiger partial charge < -0.3 is 35.8 Å². The van der Waals surface area contributed by atoms with E-state index < -0.39 is 54.1 Å². The second kappa shape index (κ2) is 16.8. The molecule has 2 aromatic rings. The smallest absolute Gasteiger partial charge is 0.255 e. The second-order valence-corrected chi connectivity index (χ2v) is 12.6. The summed E-state index contributed by atoms with van der Waals surface area (Å²) in [6, 6.07) is 11.5. The monoisotopic (exact) mass is 662 g/mol. The van der Waals surface area contributed by atoms with Crippen LogP contribution in [0.4, 0.5) is 0 Å². The standard InChI is InChI=1S/C35H46N6O7/c1-5-40-20-29(42)39-32(22(2)3)35(47)37-23(4)21-48-28-10-7-6-9-26(28)33(45)38-27(17-31(40)44)34(46)36-18-24-12-14-25(15-13-24)19-41-16-8-11-30(41)43/h6-7,9-10,12-15,22-23,27,32H,5,8,11,16-21H2,1-4H3,(H,36,46)(H,37,47)(H,38,45)(H,39,42)/t23-,27-,32+/m0/s1. The fourth-order valence-electron chi connectivity index (χ4n) is 5.59. The van der Waals surface area contributed by atoms with E-state index in [0.717, 1.165) is 24.1 Å². The molecule has 6 amide bonds. The molecule has 13 heteroatoms. The molecule has 2 aromatic carbocycles. The van der Waals surface area contributed by atoms with Gasteiger partial charge in [0.25, 0.3) is 5.91 Å². The summed E-state index contributed by atoms with van der Waals surface area (Å²) in [5.74, 6) is -2.51. The highest BCUT2D eigenvalue weighted by Gasteiger charge is 2.31. The lowest BCUT2D eigenvalue weighted by atomic mass is 10.0. The summed E-state index contributed by atoms with van der Waals surface area (Å²) in [5.41, 5.74) is 1.93. The molecule has 0 aliphatic carbocycles. The van der Waals surface area contributed by atoms with Crippen molar-refractivity contribution in [2.75, 3.05) is 26.2 Å². The van der Waals surface area contributed by atoms with Crippen molar-refractivity contribution in [2.45, 2.75) is 78.2 Å². The maximum atomic E-state index is 13.6. The minimum atomic E-state index is -1.27. The van der Waals surface area contributed by atoms with E-state index in [1.165, 1.54) is 4.90 Å². The molecule has 0 spiro atoms. The quantitative estimate of drug-likeness (QED) is 0.349. The zero-order chi connectivity index (χ0) is 34.8. The fraction of sp³-hybridized carbons (Fsp3) is 0.486. The van der Waals surface area contributed by atoms with Crippen molar-refractivity contribution in [1.29, 1.82) is 0 Å². The number of carbonyl (C=O) groups is 6. The molecule has 1 fully saturated rings. The number of carbonyl (C=O) groups excluding carboxylic acids is 6. The molecule has 13 nitrogen and oxygen atoms in total. The van der Waals surface area contributed by atoms with E-state index in [2.05, 4.69) is 21.3 Å². The van der Waals surface area contributed by atoms with Gasteiger partial charge in [0.15, 0.2) is 0 Å². The van der Waals surface area contributed by atoms with E-state index in [4.69, 9.17) is 4.74 Å². The number of hydrogen-bond acceptors (Lipinski definition) is 7. The van der Waals surface area contributed by atoms with Gasteiger partial charge in [-0.1, -0.05) is 50.2 Å². The van der Waals surface area contributed by atoms with Crippen molar-refractivity contribution in [2.24, 2.45) is 5.92 Å². The molecule has 4 rings (SSSR count). The number of ether oxygens (including phenoxy) is 1. The van der Waals surface area contributed by atoms with Gasteiger partial charge in [0.1, 0.15) is 24.4 Å². The van der Waals surface area contributed by atoms with Gasteiger partial charge in [-0.2, -0.15) is 0 Å². The number of fused-ring (bicyclic) bond motifs is 1. The van der Waals surface area contributed by atoms with Gasteiger partial charge in [0.2, 0.25) is 29.5 Å². The van der Waals surface area contributed by atoms with E-state index in [1.54, 1.807) is 52.0 Å². The Balaban J connectivity index is 1.53. The van der Waals surface area contributed by atoms with Gasteiger partial charge in [0.05, 0.1) is 24.6 Å². The summed E-state index contributed by atoms with van der Waals surface area (Å²) in [5, 5.41) is 11.1. The molecule has 258 valence electrons. The molecule has 48 heavy (non-hydrogen) atoms. The van der Waals surface area contributed by atoms with E-state index in [9.17, 15) is 28.8 Å². The number of nitrogens with zero attached hydrogens (tertiary/aromatic N) is 2. The molecule has 0 saturated carbocycles. The summed E-state index contributed by atoms with van der Waals surface area (Å²) in [6.07, 6.45) is 1.03. The van der Waals surface area contributed by atoms with Gasteiger partial charge in [-0.15, -0.1) is 0 Å². The van der Waals surface area contributed by atoms with Crippen LogP contribution in [0.1, 0.15) is 68.4 Å². The van der Waals surface area contributed by atoms with Gasteiger partial charge in [-0.25, -0.2) is 0 Å². The first-order chi connectivity index (χ1) is 22.9. The highest BCUT2D eigenvalue weighted by Crippen LogP contribution is 2.19. The molecule has 2 aliphatic heterocycles. The number of nitrogens with one attached hydrogen (secondary N) is 4. The summed E-state index contributed by atoms with van der Waals surface area (Å²) in [4.78, 5) is 81.8. The van der Waals surface area contributed by atoms with Crippen molar-refractivity contribution >= 4 is 35.4 Å². The van der Waals surface area contributed by atoms with Crippen LogP contribution in [0.25, 0.3) is 0 Å². The fourth-order valence-corrected chi connectivity index (χ4v) is 5.59. The summed E-state index contributed by atoms with van der Waals surface area (Å²) in [6.45, 7) is 8.33. The number of likely N-dealkylation sites (tertiary alicyclic amines) is 1. The third-order valence-electron chi connectivity index (χ3n) is 8.38. The first-order valence-electron chi connectivity index (χ1n) is 16.5. The molecule has 1 saturated heterocycles. The number of amides is 6. The zero-order valence-electron chi connectivity index (χ0n) is 28.0. The van der Waals surface area contributed by atoms with Crippen molar-refractivity contribution in [3.8, 4) is 5.75 Å². The molecule has 0 aromatic heterocycles. The summed E-state index contributed by atoms with van der Waals surface area (Å²) < 4.78 is 5.91. The number of para-hydroxylation sites is 1. The minimum absolute atomic E-state index is 0.0357. The Morgan fingerprint density at radius 1 is 0.938 bits per heavy atom. The lowest BCUT2D eigenvalue weighted by Gasteiger charge is -2.27. The highest BCUT2D eigenvalue weighted by molar-refractivity contribution is 6.01. The van der Waals surface area contributed by atoms with Crippen LogP contribution in [0.15, 0.2) is 48.5 Å². The average molecular weight is 663 g/mol. The van der Waals surface area contributed by atoms with E-state index in [1.807, 2.05) is 29.2 Å². The van der Waals surface area contributed by atoms with Gasteiger partial charge in [-0.3, -0.25) is 28.8 Å². The van der Waals surface area contributed by atoms with Gasteiger partial charge in [-0.05, 0) is 49.4 Å². The number of rotatable bonds is 7. The molecule has 0 bridgehead atoms. The van der Waals surface area contributed by atoms with E-state index in [0.29, 0.717) is 13.0 Å². The molecule has 2 heterocycles. The average Bonchev–Trinajstić information content (AvgIpc) is 3.47. The van der Waals surface area contributed by atoms with Crippen LogP contribution in [-0.2, 0) is 37.1 Å². The number of benzene rings is 2. The highest BCUT2D eigenvalue weighted by atomic mass is 16.5. The number of hydrogen-bond donors (Lipinski definition) is 4. The van der Waals surface area contributed by atoms with Crippen LogP contribution in [0.5, 0.6) is 5.75 Å². The minimum Gasteiger partial charge on any atom is -0.491 e. The van der Waals surface area contributed by atoms with Crippen LogP contribution < -0.4 is 26.0 Å². The zero-order valence-corrected chi connectivity index (χ0v) is 28.0. The third kappa shape index (κ3) is 9.79. The molecule has 0 unspecified atom stereocenters. The topological polar surface area (TPSA) is 166 Å². The number of likely N-dealkylation sites (N-methyl/N-ethyl adjacent to an activating group) is 1. The largest absolute Gasteiger partial charge is 0.491 e.